The lowest BCUT2D eigenvalue weighted by molar-refractivity contribution is -0.137. The maximum absolute atomic E-state index is 12.3. The van der Waals surface area contributed by atoms with Crippen LogP contribution in [0.15, 0.2) is 36.4 Å². The number of hydrogen-bond donors (Lipinski definition) is 1. The molecule has 0 aliphatic rings. The van der Waals surface area contributed by atoms with Gasteiger partial charge in [0.2, 0.25) is 5.88 Å². The Labute approximate surface area is 106 Å². The average Bonchev–Trinajstić information content (AvgIpc) is 2.39. The molecular weight excluding hydrogens is 261 g/mol. The summed E-state index contributed by atoms with van der Waals surface area (Å²) in [5.74, 6) is 0.357. The van der Waals surface area contributed by atoms with E-state index in [1.54, 1.807) is 0 Å². The van der Waals surface area contributed by atoms with Crippen LogP contribution < -0.4 is 4.74 Å². The van der Waals surface area contributed by atoms with Crippen LogP contribution in [0.1, 0.15) is 11.3 Å². The summed E-state index contributed by atoms with van der Waals surface area (Å²) in [6, 6.07) is 7.22. The van der Waals surface area contributed by atoms with E-state index in [1.165, 1.54) is 24.3 Å². The summed E-state index contributed by atoms with van der Waals surface area (Å²) >= 11 is 0. The summed E-state index contributed by atoms with van der Waals surface area (Å²) < 4.78 is 42.3. The highest BCUT2D eigenvalue weighted by Crippen LogP contribution is 2.30. The first-order chi connectivity index (χ1) is 8.99. The average molecular weight is 270 g/mol. The van der Waals surface area contributed by atoms with E-state index in [1.807, 2.05) is 0 Å². The molecular formula is C12H9F3N2O2. The molecule has 7 heteroatoms. The van der Waals surface area contributed by atoms with Gasteiger partial charge in [-0.2, -0.15) is 13.2 Å². The van der Waals surface area contributed by atoms with Gasteiger partial charge in [0.15, 0.2) is 0 Å². The van der Waals surface area contributed by atoms with Gasteiger partial charge in [0.25, 0.3) is 0 Å². The van der Waals surface area contributed by atoms with E-state index < -0.39 is 11.7 Å². The second-order valence-corrected chi connectivity index (χ2v) is 3.65. The molecule has 4 nitrogen and oxygen atoms in total. The number of alkyl halides is 3. The minimum Gasteiger partial charge on any atom is -0.438 e. The fourth-order valence-corrected chi connectivity index (χ4v) is 1.32. The summed E-state index contributed by atoms with van der Waals surface area (Å²) in [5, 5.41) is 16.1. The van der Waals surface area contributed by atoms with E-state index in [-0.39, 0.29) is 18.2 Å². The van der Waals surface area contributed by atoms with Crippen LogP contribution in [-0.2, 0) is 12.8 Å². The quantitative estimate of drug-likeness (QED) is 0.931. The van der Waals surface area contributed by atoms with E-state index in [0.717, 1.165) is 12.1 Å². The van der Waals surface area contributed by atoms with Gasteiger partial charge in [0, 0.05) is 6.07 Å². The van der Waals surface area contributed by atoms with E-state index >= 15 is 0 Å². The highest BCUT2D eigenvalue weighted by molar-refractivity contribution is 5.31. The molecule has 2 rings (SSSR count). The molecule has 0 aliphatic carbocycles. The Morgan fingerprint density at radius 1 is 1.00 bits per heavy atom. The number of nitrogens with zero attached hydrogens (tertiary/aromatic N) is 2. The zero-order chi connectivity index (χ0) is 13.9. The highest BCUT2D eigenvalue weighted by atomic mass is 19.4. The first-order valence-corrected chi connectivity index (χ1v) is 5.27. The van der Waals surface area contributed by atoms with Crippen LogP contribution >= 0.6 is 0 Å². The molecule has 0 saturated heterocycles. The van der Waals surface area contributed by atoms with Crippen molar-refractivity contribution in [2.24, 2.45) is 0 Å². The van der Waals surface area contributed by atoms with E-state index in [0.29, 0.717) is 5.69 Å². The van der Waals surface area contributed by atoms with Crippen LogP contribution in [-0.4, -0.2) is 15.3 Å². The third-order valence-corrected chi connectivity index (χ3v) is 2.26. The molecule has 0 fully saturated rings. The second-order valence-electron chi connectivity index (χ2n) is 3.65. The van der Waals surface area contributed by atoms with Gasteiger partial charge < -0.3 is 9.84 Å². The monoisotopic (exact) mass is 270 g/mol. The molecule has 0 atom stereocenters. The third kappa shape index (κ3) is 3.41. The summed E-state index contributed by atoms with van der Waals surface area (Å²) in [4.78, 5) is 0. The van der Waals surface area contributed by atoms with Crippen molar-refractivity contribution in [3.63, 3.8) is 0 Å². The Balaban J connectivity index is 2.10. The number of rotatable bonds is 3. The number of aliphatic hydroxyl groups excluding tert-OH is 1. The van der Waals surface area contributed by atoms with E-state index in [2.05, 4.69) is 10.2 Å². The minimum atomic E-state index is -4.37. The standard InChI is InChI=1S/C12H9F3N2O2/c13-12(14,15)8-1-4-10(5-2-8)19-11-6-3-9(7-18)16-17-11/h1-6,18H,7H2. The maximum atomic E-state index is 12.3. The maximum Gasteiger partial charge on any atom is 0.416 e. The summed E-state index contributed by atoms with van der Waals surface area (Å²) in [6.07, 6.45) is -4.37. The summed E-state index contributed by atoms with van der Waals surface area (Å²) in [6.45, 7) is -0.243. The van der Waals surface area contributed by atoms with Crippen LogP contribution in [0, 0.1) is 0 Å². The van der Waals surface area contributed by atoms with Crippen molar-refractivity contribution >= 4 is 0 Å². The molecule has 1 aromatic heterocycles. The second kappa shape index (κ2) is 5.23. The van der Waals surface area contributed by atoms with Crippen molar-refractivity contribution in [2.75, 3.05) is 0 Å². The van der Waals surface area contributed by atoms with Crippen molar-refractivity contribution in [2.45, 2.75) is 12.8 Å². The molecule has 0 aliphatic heterocycles. The fraction of sp³-hybridized carbons (Fsp3) is 0.167. The van der Waals surface area contributed by atoms with Gasteiger partial charge in [-0.15, -0.1) is 10.2 Å². The number of ether oxygens (including phenoxy) is 1. The van der Waals surface area contributed by atoms with Gasteiger partial charge in [-0.1, -0.05) is 0 Å². The lowest BCUT2D eigenvalue weighted by Crippen LogP contribution is -2.04. The predicted molar refractivity (Wildman–Crippen MR) is 59.5 cm³/mol. The van der Waals surface area contributed by atoms with Gasteiger partial charge in [0.05, 0.1) is 17.9 Å². The van der Waals surface area contributed by atoms with Crippen molar-refractivity contribution in [3.05, 3.63) is 47.7 Å². The SMILES string of the molecule is OCc1ccc(Oc2ccc(C(F)(F)F)cc2)nn1. The molecule has 0 amide bonds. The molecule has 0 unspecified atom stereocenters. The predicted octanol–water partition coefficient (Wildman–Crippen LogP) is 2.78. The van der Waals surface area contributed by atoms with Crippen LogP contribution in [0.25, 0.3) is 0 Å². The Morgan fingerprint density at radius 2 is 1.68 bits per heavy atom. The molecule has 19 heavy (non-hydrogen) atoms. The van der Waals surface area contributed by atoms with Gasteiger partial charge in [-0.3, -0.25) is 0 Å². The first kappa shape index (κ1) is 13.3. The number of hydrogen-bond acceptors (Lipinski definition) is 4. The number of benzene rings is 1. The molecule has 1 N–H and O–H groups in total. The van der Waals surface area contributed by atoms with E-state index in [9.17, 15) is 13.2 Å². The molecule has 100 valence electrons. The topological polar surface area (TPSA) is 55.2 Å². The zero-order valence-corrected chi connectivity index (χ0v) is 9.55. The Morgan fingerprint density at radius 3 is 2.16 bits per heavy atom. The highest BCUT2D eigenvalue weighted by Gasteiger charge is 2.30. The van der Waals surface area contributed by atoms with E-state index in [4.69, 9.17) is 9.84 Å². The molecule has 0 saturated carbocycles. The first-order valence-electron chi connectivity index (χ1n) is 5.27. The Kier molecular flexibility index (Phi) is 3.66. The number of aliphatic hydroxyl groups is 1. The van der Waals surface area contributed by atoms with Crippen LogP contribution in [0.5, 0.6) is 11.6 Å². The molecule has 0 bridgehead atoms. The normalized spacial score (nSPS) is 11.4. The molecule has 1 aromatic carbocycles. The minimum absolute atomic E-state index is 0.136. The van der Waals surface area contributed by atoms with Gasteiger partial charge in [-0.05, 0) is 30.3 Å². The van der Waals surface area contributed by atoms with Gasteiger partial charge >= 0.3 is 6.18 Å². The van der Waals surface area contributed by atoms with Crippen LogP contribution in [0.2, 0.25) is 0 Å². The fourth-order valence-electron chi connectivity index (χ4n) is 1.32. The summed E-state index contributed by atoms with van der Waals surface area (Å²) in [5.41, 5.74) is -0.374. The van der Waals surface area contributed by atoms with Crippen LogP contribution in [0.3, 0.4) is 0 Å². The zero-order valence-electron chi connectivity index (χ0n) is 9.55. The molecule has 1 heterocycles. The molecule has 0 radical (unpaired) electrons. The Hall–Kier alpha value is -2.15. The molecule has 2 aromatic rings. The number of aromatic nitrogens is 2. The van der Waals surface area contributed by atoms with Crippen molar-refractivity contribution in [3.8, 4) is 11.6 Å². The molecule has 0 spiro atoms. The van der Waals surface area contributed by atoms with Crippen molar-refractivity contribution in [1.29, 1.82) is 0 Å². The van der Waals surface area contributed by atoms with Gasteiger partial charge in [-0.25, -0.2) is 0 Å². The number of halogens is 3. The Bertz CT molecular complexity index is 538. The smallest absolute Gasteiger partial charge is 0.416 e. The van der Waals surface area contributed by atoms with Crippen molar-refractivity contribution in [1.82, 2.24) is 10.2 Å². The van der Waals surface area contributed by atoms with Gasteiger partial charge in [0.1, 0.15) is 5.75 Å². The lowest BCUT2D eigenvalue weighted by atomic mass is 10.2. The van der Waals surface area contributed by atoms with Crippen molar-refractivity contribution < 1.29 is 23.0 Å². The lowest BCUT2D eigenvalue weighted by Gasteiger charge is -2.08. The largest absolute Gasteiger partial charge is 0.438 e. The van der Waals surface area contributed by atoms with Crippen LogP contribution in [0.4, 0.5) is 13.2 Å². The third-order valence-electron chi connectivity index (χ3n) is 2.26. The summed E-state index contributed by atoms with van der Waals surface area (Å²) in [7, 11) is 0.